The summed E-state index contributed by atoms with van der Waals surface area (Å²) in [4.78, 5) is 0. The maximum absolute atomic E-state index is 8.33. The first-order valence-corrected chi connectivity index (χ1v) is 6.66. The summed E-state index contributed by atoms with van der Waals surface area (Å²) in [6.07, 6.45) is 5.51. The number of nitrogens with two attached hydrogens (primary N) is 1. The fraction of sp³-hybridized carbons (Fsp3) is 0.900. The predicted octanol–water partition coefficient (Wildman–Crippen LogP) is 1.39. The van der Waals surface area contributed by atoms with Crippen LogP contribution in [0, 0.1) is 0 Å². The van der Waals surface area contributed by atoms with Crippen molar-refractivity contribution in [2.24, 2.45) is 10.9 Å². The van der Waals surface area contributed by atoms with E-state index in [0.717, 1.165) is 31.2 Å². The van der Waals surface area contributed by atoms with Gasteiger partial charge in [0, 0.05) is 18.2 Å². The van der Waals surface area contributed by atoms with Gasteiger partial charge in [0.05, 0.1) is 0 Å². The van der Waals surface area contributed by atoms with Crippen LogP contribution in [-0.2, 0) is 0 Å². The molecule has 0 amide bonds. The van der Waals surface area contributed by atoms with Gasteiger partial charge in [0.15, 0.2) is 0 Å². The van der Waals surface area contributed by atoms with Crippen molar-refractivity contribution in [1.29, 1.82) is 0 Å². The molecule has 1 saturated heterocycles. The van der Waals surface area contributed by atoms with Crippen molar-refractivity contribution in [3.05, 3.63) is 0 Å². The number of nitrogens with zero attached hydrogens (tertiary/aromatic N) is 1. The third kappa shape index (κ3) is 5.89. The second-order valence-corrected chi connectivity index (χ2v) is 5.30. The molecule has 1 heterocycles. The molecule has 0 aromatic heterocycles. The van der Waals surface area contributed by atoms with E-state index in [1.54, 1.807) is 0 Å². The van der Waals surface area contributed by atoms with Crippen LogP contribution in [0.5, 0.6) is 0 Å². The topological polar surface area (TPSA) is 70.6 Å². The Morgan fingerprint density at radius 3 is 3.07 bits per heavy atom. The maximum atomic E-state index is 8.33. The van der Waals surface area contributed by atoms with Crippen LogP contribution in [0.15, 0.2) is 5.16 Å². The molecule has 0 bridgehead atoms. The van der Waals surface area contributed by atoms with Gasteiger partial charge in [-0.3, -0.25) is 0 Å². The second-order valence-electron chi connectivity index (χ2n) is 3.89. The fourth-order valence-corrected chi connectivity index (χ4v) is 2.91. The van der Waals surface area contributed by atoms with Gasteiger partial charge in [-0.2, -0.15) is 11.8 Å². The van der Waals surface area contributed by atoms with Gasteiger partial charge in [-0.1, -0.05) is 5.16 Å². The zero-order valence-corrected chi connectivity index (χ0v) is 9.93. The van der Waals surface area contributed by atoms with Gasteiger partial charge in [-0.25, -0.2) is 0 Å². The monoisotopic (exact) mass is 231 g/mol. The zero-order valence-electron chi connectivity index (χ0n) is 9.11. The molecule has 1 atom stereocenters. The van der Waals surface area contributed by atoms with Crippen LogP contribution in [0.1, 0.15) is 32.1 Å². The summed E-state index contributed by atoms with van der Waals surface area (Å²) >= 11 is 2.08. The number of unbranched alkanes of at least 4 members (excludes halogenated alkanes) is 1. The molecule has 4 nitrogen and oxygen atoms in total. The van der Waals surface area contributed by atoms with Crippen LogP contribution in [-0.4, -0.2) is 35.1 Å². The number of amidine groups is 1. The number of hydrogen-bond donors (Lipinski definition) is 3. The molecule has 1 unspecified atom stereocenters. The Morgan fingerprint density at radius 2 is 2.40 bits per heavy atom. The van der Waals surface area contributed by atoms with Crippen LogP contribution in [0.4, 0.5) is 0 Å². The average molecular weight is 231 g/mol. The Labute approximate surface area is 95.7 Å². The lowest BCUT2D eigenvalue weighted by molar-refractivity contribution is 0.316. The molecule has 0 radical (unpaired) electrons. The molecule has 0 aliphatic carbocycles. The van der Waals surface area contributed by atoms with E-state index in [-0.39, 0.29) is 0 Å². The van der Waals surface area contributed by atoms with E-state index in [1.165, 1.54) is 18.6 Å². The zero-order chi connectivity index (χ0) is 10.9. The lowest BCUT2D eigenvalue weighted by Gasteiger charge is -2.09. The summed E-state index contributed by atoms with van der Waals surface area (Å²) in [7, 11) is 0. The first-order chi connectivity index (χ1) is 7.33. The van der Waals surface area contributed by atoms with Crippen molar-refractivity contribution < 1.29 is 5.21 Å². The predicted molar refractivity (Wildman–Crippen MR) is 65.6 cm³/mol. The normalized spacial score (nSPS) is 22.1. The molecule has 0 aromatic carbocycles. The van der Waals surface area contributed by atoms with Crippen LogP contribution in [0.2, 0.25) is 0 Å². The quantitative estimate of drug-likeness (QED) is 0.204. The van der Waals surface area contributed by atoms with Crippen LogP contribution in [0.25, 0.3) is 0 Å². The number of thioether (sulfide) groups is 1. The van der Waals surface area contributed by atoms with Crippen molar-refractivity contribution in [3.8, 4) is 0 Å². The van der Waals surface area contributed by atoms with Gasteiger partial charge in [0.25, 0.3) is 0 Å². The maximum Gasteiger partial charge on any atom is 0.139 e. The minimum Gasteiger partial charge on any atom is -0.409 e. The van der Waals surface area contributed by atoms with E-state index >= 15 is 0 Å². The standard InChI is InChI=1S/C10H21N3OS/c11-10(13-14)5-1-2-6-12-8-9-4-3-7-15-9/h9,12,14H,1-8H2,(H2,11,13). The highest BCUT2D eigenvalue weighted by atomic mass is 32.2. The summed E-state index contributed by atoms with van der Waals surface area (Å²) in [5, 5.41) is 15.5. The lowest BCUT2D eigenvalue weighted by atomic mass is 10.2. The summed E-state index contributed by atoms with van der Waals surface area (Å²) < 4.78 is 0. The Balaban J connectivity index is 1.84. The fourth-order valence-electron chi connectivity index (χ4n) is 1.67. The Hall–Kier alpha value is -0.420. The van der Waals surface area contributed by atoms with Crippen LogP contribution in [0.3, 0.4) is 0 Å². The molecule has 4 N–H and O–H groups in total. The highest BCUT2D eigenvalue weighted by Gasteiger charge is 2.14. The van der Waals surface area contributed by atoms with E-state index in [1.807, 2.05) is 0 Å². The third-order valence-electron chi connectivity index (χ3n) is 2.56. The average Bonchev–Trinajstić information content (AvgIpc) is 2.75. The smallest absolute Gasteiger partial charge is 0.139 e. The van der Waals surface area contributed by atoms with E-state index in [4.69, 9.17) is 10.9 Å². The first-order valence-electron chi connectivity index (χ1n) is 5.61. The van der Waals surface area contributed by atoms with E-state index in [2.05, 4.69) is 22.2 Å². The highest BCUT2D eigenvalue weighted by Crippen LogP contribution is 2.25. The molecular weight excluding hydrogens is 210 g/mol. The van der Waals surface area contributed by atoms with Gasteiger partial charge >= 0.3 is 0 Å². The van der Waals surface area contributed by atoms with Gasteiger partial charge in [0.1, 0.15) is 5.84 Å². The minimum atomic E-state index is 0.335. The van der Waals surface area contributed by atoms with Crippen molar-refractivity contribution in [2.75, 3.05) is 18.8 Å². The summed E-state index contributed by atoms with van der Waals surface area (Å²) in [6, 6.07) is 0. The lowest BCUT2D eigenvalue weighted by Crippen LogP contribution is -2.24. The molecule has 1 rings (SSSR count). The molecule has 0 aromatic rings. The van der Waals surface area contributed by atoms with E-state index in [9.17, 15) is 0 Å². The van der Waals surface area contributed by atoms with Gasteiger partial charge in [-0.15, -0.1) is 0 Å². The van der Waals surface area contributed by atoms with Crippen LogP contribution < -0.4 is 11.1 Å². The highest BCUT2D eigenvalue weighted by molar-refractivity contribution is 8.00. The van der Waals surface area contributed by atoms with Gasteiger partial charge < -0.3 is 16.3 Å². The summed E-state index contributed by atoms with van der Waals surface area (Å²) in [6.45, 7) is 2.17. The van der Waals surface area contributed by atoms with Crippen molar-refractivity contribution in [1.82, 2.24) is 5.32 Å². The molecule has 5 heteroatoms. The van der Waals surface area contributed by atoms with E-state index < -0.39 is 0 Å². The Morgan fingerprint density at radius 1 is 1.53 bits per heavy atom. The van der Waals surface area contributed by atoms with Crippen molar-refractivity contribution in [2.45, 2.75) is 37.4 Å². The van der Waals surface area contributed by atoms with Gasteiger partial charge in [-0.05, 0) is 38.0 Å². The third-order valence-corrected chi connectivity index (χ3v) is 3.96. The molecule has 0 spiro atoms. The summed E-state index contributed by atoms with van der Waals surface area (Å²) in [5.74, 6) is 1.66. The number of oxime groups is 1. The molecule has 15 heavy (non-hydrogen) atoms. The summed E-state index contributed by atoms with van der Waals surface area (Å²) in [5.41, 5.74) is 5.36. The molecule has 88 valence electrons. The SMILES string of the molecule is NC(CCCCNCC1CCCS1)=NO. The van der Waals surface area contributed by atoms with Crippen LogP contribution >= 0.6 is 11.8 Å². The molecular formula is C10H21N3OS. The second kappa shape index (κ2) is 7.82. The Bertz CT molecular complexity index is 193. The molecule has 0 saturated carbocycles. The minimum absolute atomic E-state index is 0.335. The largest absolute Gasteiger partial charge is 0.409 e. The van der Waals surface area contributed by atoms with E-state index in [0.29, 0.717) is 12.3 Å². The Kier molecular flexibility index (Phi) is 6.59. The van der Waals surface area contributed by atoms with Crippen molar-refractivity contribution >= 4 is 17.6 Å². The number of rotatable bonds is 7. The molecule has 1 fully saturated rings. The number of nitrogens with one attached hydrogen (secondary N) is 1. The first kappa shape index (κ1) is 12.6. The van der Waals surface area contributed by atoms with Gasteiger partial charge in [0.2, 0.25) is 0 Å². The van der Waals surface area contributed by atoms with Crippen molar-refractivity contribution in [3.63, 3.8) is 0 Å². The molecule has 1 aliphatic heterocycles. The molecule has 1 aliphatic rings. The number of hydrogen-bond acceptors (Lipinski definition) is 4.